The molecule has 1 N–H and O–H groups in total. The van der Waals surface area contributed by atoms with Crippen molar-refractivity contribution in [2.45, 2.75) is 6.54 Å². The van der Waals surface area contributed by atoms with Gasteiger partial charge in [-0.3, -0.25) is 19.3 Å². The third kappa shape index (κ3) is 4.45. The second-order valence-electron chi connectivity index (χ2n) is 9.21. The lowest BCUT2D eigenvalue weighted by Crippen LogP contribution is -2.46. The van der Waals surface area contributed by atoms with Crippen molar-refractivity contribution in [1.82, 2.24) is 24.3 Å². The van der Waals surface area contributed by atoms with E-state index in [9.17, 15) is 4.79 Å². The monoisotopic (exact) mass is 465 g/mol. The highest BCUT2D eigenvalue weighted by molar-refractivity contribution is 5.95. The van der Waals surface area contributed by atoms with E-state index < -0.39 is 0 Å². The van der Waals surface area contributed by atoms with Gasteiger partial charge in [-0.25, -0.2) is 9.97 Å². The van der Waals surface area contributed by atoms with E-state index in [0.717, 1.165) is 60.4 Å². The van der Waals surface area contributed by atoms with Crippen LogP contribution in [0.15, 0.2) is 65.9 Å². The van der Waals surface area contributed by atoms with E-state index in [1.807, 2.05) is 48.8 Å². The van der Waals surface area contributed by atoms with Gasteiger partial charge >= 0.3 is 0 Å². The number of anilines is 2. The molecule has 1 saturated heterocycles. The number of carbonyl (C=O) groups is 1. The average molecular weight is 466 g/mol. The molecular formula is C27H27N7O. The molecule has 0 atom stereocenters. The number of hydrogen-bond donors (Lipinski definition) is 1. The fourth-order valence-electron chi connectivity index (χ4n) is 4.65. The molecule has 8 nitrogen and oxygen atoms in total. The molecule has 0 spiro atoms. The van der Waals surface area contributed by atoms with Gasteiger partial charge in [0.25, 0.3) is 0 Å². The number of piperazine rings is 1. The first kappa shape index (κ1) is 21.6. The Bertz CT molecular complexity index is 1430. The number of carbonyl (C=O) groups excluding carboxylic acids is 1. The fraction of sp³-hybridized carbons (Fsp3) is 0.259. The Balaban J connectivity index is 1.24. The van der Waals surface area contributed by atoms with Gasteiger partial charge in [0, 0.05) is 61.4 Å². The van der Waals surface area contributed by atoms with Gasteiger partial charge in [-0.2, -0.15) is 0 Å². The van der Waals surface area contributed by atoms with Crippen LogP contribution < -0.4 is 5.32 Å². The summed E-state index contributed by atoms with van der Waals surface area (Å²) in [5.41, 5.74) is 5.07. The molecule has 35 heavy (non-hydrogen) atoms. The molecule has 0 unspecified atom stereocenters. The van der Waals surface area contributed by atoms with Crippen LogP contribution in [0.1, 0.15) is 15.9 Å². The highest BCUT2D eigenvalue weighted by Gasteiger charge is 2.19. The molecule has 1 fully saturated rings. The third-order valence-corrected chi connectivity index (χ3v) is 6.74. The third-order valence-electron chi connectivity index (χ3n) is 6.74. The minimum atomic E-state index is 0.0817. The van der Waals surface area contributed by atoms with Crippen LogP contribution in [-0.2, 0) is 6.54 Å². The van der Waals surface area contributed by atoms with E-state index in [-0.39, 0.29) is 5.91 Å². The number of hydrogen-bond acceptors (Lipinski definition) is 7. The fourth-order valence-corrected chi connectivity index (χ4v) is 4.65. The zero-order valence-corrected chi connectivity index (χ0v) is 19.7. The largest absolute Gasteiger partial charge is 0.340 e. The predicted molar refractivity (Wildman–Crippen MR) is 139 cm³/mol. The molecule has 2 aliphatic heterocycles. The summed E-state index contributed by atoms with van der Waals surface area (Å²) in [6, 6.07) is 16.1. The molecule has 0 aliphatic carbocycles. The number of nitrogens with zero attached hydrogens (tertiary/aromatic N) is 6. The number of nitrogens with one attached hydrogen (secondary N) is 1. The number of aliphatic imine (C=N–C) groups is 1. The van der Waals surface area contributed by atoms with Crippen LogP contribution in [0, 0.1) is 0 Å². The lowest BCUT2D eigenvalue weighted by atomic mass is 10.1. The average Bonchev–Trinajstić information content (AvgIpc) is 3.52. The van der Waals surface area contributed by atoms with Gasteiger partial charge in [-0.1, -0.05) is 18.2 Å². The zero-order chi connectivity index (χ0) is 23.8. The van der Waals surface area contributed by atoms with Crippen molar-refractivity contribution in [1.29, 1.82) is 0 Å². The van der Waals surface area contributed by atoms with Crippen molar-refractivity contribution in [3.63, 3.8) is 0 Å². The second-order valence-corrected chi connectivity index (χ2v) is 9.21. The molecular weight excluding hydrogens is 438 g/mol. The molecule has 176 valence electrons. The summed E-state index contributed by atoms with van der Waals surface area (Å²) in [5.74, 6) is 1.41. The summed E-state index contributed by atoms with van der Waals surface area (Å²) in [7, 11) is 2.12. The van der Waals surface area contributed by atoms with Crippen LogP contribution in [0.25, 0.3) is 22.3 Å². The quantitative estimate of drug-likeness (QED) is 0.485. The van der Waals surface area contributed by atoms with Crippen LogP contribution in [0.3, 0.4) is 0 Å². The topological polar surface area (TPSA) is 78.7 Å². The van der Waals surface area contributed by atoms with Crippen LogP contribution in [-0.4, -0.2) is 76.2 Å². The zero-order valence-electron chi connectivity index (χ0n) is 19.7. The van der Waals surface area contributed by atoms with Crippen molar-refractivity contribution in [2.75, 3.05) is 45.1 Å². The van der Waals surface area contributed by atoms with E-state index in [1.54, 1.807) is 10.8 Å². The van der Waals surface area contributed by atoms with E-state index in [0.29, 0.717) is 18.2 Å². The first-order valence-corrected chi connectivity index (χ1v) is 11.9. The molecule has 0 bridgehead atoms. The number of fused-ring (bicyclic) bond motifs is 2. The molecule has 0 amide bonds. The minimum absolute atomic E-state index is 0.0817. The highest BCUT2D eigenvalue weighted by atomic mass is 16.2. The Morgan fingerprint density at radius 2 is 1.91 bits per heavy atom. The van der Waals surface area contributed by atoms with Gasteiger partial charge in [-0.05, 0) is 48.5 Å². The van der Waals surface area contributed by atoms with Crippen LogP contribution in [0.2, 0.25) is 0 Å². The van der Waals surface area contributed by atoms with Gasteiger partial charge in [-0.15, -0.1) is 0 Å². The van der Waals surface area contributed by atoms with Crippen molar-refractivity contribution in [3.05, 3.63) is 72.1 Å². The molecule has 2 aliphatic rings. The SMILES string of the molecule is CN1CCN(CC(=O)n2ccc3ccc(-c4nccc(Nc5ccc6c(c5)C=NC6)n4)cc32)CC1. The first-order valence-electron chi connectivity index (χ1n) is 11.9. The maximum Gasteiger partial charge on any atom is 0.245 e. The molecule has 2 aromatic carbocycles. The lowest BCUT2D eigenvalue weighted by Gasteiger charge is -2.31. The first-order chi connectivity index (χ1) is 17.1. The summed E-state index contributed by atoms with van der Waals surface area (Å²) < 4.78 is 1.76. The van der Waals surface area contributed by atoms with Crippen molar-refractivity contribution < 1.29 is 4.79 Å². The molecule has 4 aromatic rings. The van der Waals surface area contributed by atoms with E-state index in [1.165, 1.54) is 5.56 Å². The van der Waals surface area contributed by atoms with E-state index in [2.05, 4.69) is 44.3 Å². The number of likely N-dealkylation sites (N-methyl/N-ethyl adjacent to an activating group) is 1. The molecule has 0 radical (unpaired) electrons. The lowest BCUT2D eigenvalue weighted by molar-refractivity contribution is 0.0801. The highest BCUT2D eigenvalue weighted by Crippen LogP contribution is 2.26. The van der Waals surface area contributed by atoms with Crippen LogP contribution in [0.5, 0.6) is 0 Å². The van der Waals surface area contributed by atoms with Crippen LogP contribution in [0.4, 0.5) is 11.5 Å². The summed E-state index contributed by atoms with van der Waals surface area (Å²) >= 11 is 0. The van der Waals surface area contributed by atoms with Crippen molar-refractivity contribution in [2.24, 2.45) is 4.99 Å². The molecule has 8 heteroatoms. The maximum absolute atomic E-state index is 13.1. The molecule has 0 saturated carbocycles. The number of rotatable bonds is 5. The van der Waals surface area contributed by atoms with Gasteiger partial charge in [0.2, 0.25) is 5.91 Å². The van der Waals surface area contributed by atoms with Crippen molar-refractivity contribution in [3.8, 4) is 11.4 Å². The summed E-state index contributed by atoms with van der Waals surface area (Å²) in [6.45, 7) is 4.97. The van der Waals surface area contributed by atoms with Gasteiger partial charge in [0.1, 0.15) is 5.82 Å². The summed E-state index contributed by atoms with van der Waals surface area (Å²) in [5, 5.41) is 4.40. The molecule has 2 aromatic heterocycles. The Kier molecular flexibility index (Phi) is 5.60. The summed E-state index contributed by atoms with van der Waals surface area (Å²) in [4.78, 5) is 31.2. The normalized spacial score (nSPS) is 16.0. The van der Waals surface area contributed by atoms with Gasteiger partial charge < -0.3 is 10.2 Å². The smallest absolute Gasteiger partial charge is 0.245 e. The Morgan fingerprint density at radius 1 is 1.03 bits per heavy atom. The van der Waals surface area contributed by atoms with Gasteiger partial charge in [0.05, 0.1) is 18.6 Å². The predicted octanol–water partition coefficient (Wildman–Crippen LogP) is 3.66. The minimum Gasteiger partial charge on any atom is -0.340 e. The van der Waals surface area contributed by atoms with Crippen LogP contribution >= 0.6 is 0 Å². The Labute approximate surface area is 203 Å². The Hall–Kier alpha value is -3.88. The molecule has 4 heterocycles. The second kappa shape index (κ2) is 9.05. The molecule has 6 rings (SSSR count). The number of benzene rings is 2. The van der Waals surface area contributed by atoms with Crippen molar-refractivity contribution >= 4 is 34.5 Å². The Morgan fingerprint density at radius 3 is 2.80 bits per heavy atom. The maximum atomic E-state index is 13.1. The van der Waals surface area contributed by atoms with E-state index >= 15 is 0 Å². The number of aromatic nitrogens is 3. The van der Waals surface area contributed by atoms with Gasteiger partial charge in [0.15, 0.2) is 5.82 Å². The standard InChI is InChI=1S/C27H27N7O/c1-32-10-12-33(13-11-32)18-26(35)34-9-7-19-2-3-20(15-24(19)34)27-29-8-6-25(31-27)30-23-5-4-21-16-28-17-22(21)14-23/h2-9,14-15,17H,10-13,16,18H2,1H3,(H,29,30,31). The summed E-state index contributed by atoms with van der Waals surface area (Å²) in [6.07, 6.45) is 5.52. The van der Waals surface area contributed by atoms with E-state index in [4.69, 9.17) is 4.98 Å².